The number of aromatic nitrogens is 4. The molecule has 44 heavy (non-hydrogen) atoms. The number of rotatable bonds is 9. The molecule has 3 heterocycles. The fraction of sp³-hybridized carbons (Fsp3) is 0.467. The maximum absolute atomic E-state index is 13.9. The van der Waals surface area contributed by atoms with Gasteiger partial charge < -0.3 is 24.8 Å². The van der Waals surface area contributed by atoms with Crippen LogP contribution >= 0.6 is 0 Å². The van der Waals surface area contributed by atoms with E-state index in [-0.39, 0.29) is 35.1 Å². The van der Waals surface area contributed by atoms with Crippen LogP contribution in [-0.4, -0.2) is 73.0 Å². The van der Waals surface area contributed by atoms with Crippen molar-refractivity contribution in [2.24, 2.45) is 7.05 Å². The summed E-state index contributed by atoms with van der Waals surface area (Å²) in [6.07, 6.45) is 0.916. The lowest BCUT2D eigenvalue weighted by atomic mass is 10.1. The molecule has 14 heteroatoms. The molecule has 1 aliphatic rings. The second-order valence-electron chi connectivity index (χ2n) is 11.4. The second kappa shape index (κ2) is 13.1. The highest BCUT2D eigenvalue weighted by atomic mass is 16.6. The first-order valence-electron chi connectivity index (χ1n) is 14.1. The van der Waals surface area contributed by atoms with Crippen LogP contribution in [0.5, 0.6) is 5.75 Å². The minimum atomic E-state index is -1.22. The second-order valence-corrected chi connectivity index (χ2v) is 11.4. The first-order chi connectivity index (χ1) is 20.8. The highest BCUT2D eigenvalue weighted by Gasteiger charge is 2.29. The van der Waals surface area contributed by atoms with Gasteiger partial charge in [-0.05, 0) is 52.7 Å². The number of anilines is 1. The van der Waals surface area contributed by atoms with E-state index in [4.69, 9.17) is 14.6 Å². The number of nitrogens with zero attached hydrogens (tertiary/aromatic N) is 5. The molecule has 1 unspecified atom stereocenters. The van der Waals surface area contributed by atoms with Gasteiger partial charge in [-0.3, -0.25) is 23.3 Å². The van der Waals surface area contributed by atoms with Crippen molar-refractivity contribution in [2.75, 3.05) is 24.6 Å². The number of aliphatic carboxylic acids is 1. The highest BCUT2D eigenvalue weighted by molar-refractivity contribution is 5.98. The third kappa shape index (κ3) is 7.11. The van der Waals surface area contributed by atoms with E-state index in [2.05, 4.69) is 22.1 Å². The van der Waals surface area contributed by atoms with E-state index in [1.54, 1.807) is 44.4 Å². The largest absolute Gasteiger partial charge is 0.481 e. The predicted molar refractivity (Wildman–Crippen MR) is 161 cm³/mol. The summed E-state index contributed by atoms with van der Waals surface area (Å²) >= 11 is 0. The molecule has 3 aromatic rings. The van der Waals surface area contributed by atoms with Crippen LogP contribution < -0.4 is 26.2 Å². The Bertz CT molecular complexity index is 1770. The third-order valence-electron chi connectivity index (χ3n) is 6.89. The van der Waals surface area contributed by atoms with Crippen LogP contribution in [0.25, 0.3) is 11.2 Å². The van der Waals surface area contributed by atoms with E-state index in [9.17, 15) is 24.0 Å². The number of hydrogen-bond donors (Lipinski definition) is 2. The molecule has 2 N–H and O–H groups in total. The summed E-state index contributed by atoms with van der Waals surface area (Å²) in [5.74, 6) is 4.37. The number of carboxylic acid groups (broad SMARTS) is 1. The number of ketones is 1. The summed E-state index contributed by atoms with van der Waals surface area (Å²) in [6, 6.07) is 5.78. The SMILES string of the molecule is CC#CCn1c(N2CCCC(NC(=O)OC(C)(C)C)C2)nc2c1c(=O)n(CC(=O)c1ccccc1OCC(=O)O)c(=O)n2C. The molecule has 0 radical (unpaired) electrons. The Balaban J connectivity index is 1.73. The molecule has 234 valence electrons. The molecular formula is C30H36N6O8. The van der Waals surface area contributed by atoms with Crippen molar-refractivity contribution in [1.82, 2.24) is 24.0 Å². The number of aryl methyl sites for hydroxylation is 1. The molecule has 1 saturated heterocycles. The summed E-state index contributed by atoms with van der Waals surface area (Å²) in [7, 11) is 1.46. The quantitative estimate of drug-likeness (QED) is 0.270. The smallest absolute Gasteiger partial charge is 0.407 e. The van der Waals surface area contributed by atoms with E-state index >= 15 is 0 Å². The molecule has 1 atom stereocenters. The molecule has 0 saturated carbocycles. The molecule has 1 aromatic carbocycles. The molecule has 4 rings (SSSR count). The number of carbonyl (C=O) groups is 3. The van der Waals surface area contributed by atoms with Gasteiger partial charge in [-0.2, -0.15) is 4.98 Å². The van der Waals surface area contributed by atoms with Gasteiger partial charge in [0, 0.05) is 26.2 Å². The van der Waals surface area contributed by atoms with E-state index in [0.717, 1.165) is 17.4 Å². The van der Waals surface area contributed by atoms with Crippen LogP contribution in [-0.2, 0) is 29.7 Å². The molecule has 0 spiro atoms. The number of amides is 1. The van der Waals surface area contributed by atoms with Gasteiger partial charge in [0.2, 0.25) is 5.95 Å². The van der Waals surface area contributed by atoms with E-state index in [0.29, 0.717) is 19.0 Å². The average Bonchev–Trinajstić information content (AvgIpc) is 3.35. The summed E-state index contributed by atoms with van der Waals surface area (Å²) in [5, 5.41) is 11.9. The van der Waals surface area contributed by atoms with Crippen LogP contribution in [0.4, 0.5) is 10.7 Å². The Morgan fingerprint density at radius 3 is 2.57 bits per heavy atom. The van der Waals surface area contributed by atoms with Crippen molar-refractivity contribution in [3.8, 4) is 17.6 Å². The predicted octanol–water partition coefficient (Wildman–Crippen LogP) is 1.76. The van der Waals surface area contributed by atoms with Gasteiger partial charge in [0.25, 0.3) is 5.56 Å². The Labute approximate surface area is 253 Å². The first kappa shape index (κ1) is 31.9. The van der Waals surface area contributed by atoms with Crippen molar-refractivity contribution < 1.29 is 29.0 Å². The maximum atomic E-state index is 13.9. The Kier molecular flexibility index (Phi) is 9.46. The van der Waals surface area contributed by atoms with Crippen molar-refractivity contribution in [3.05, 3.63) is 50.7 Å². The monoisotopic (exact) mass is 608 g/mol. The zero-order valence-electron chi connectivity index (χ0n) is 25.4. The number of carbonyl (C=O) groups excluding carboxylic acids is 2. The summed E-state index contributed by atoms with van der Waals surface area (Å²) in [4.78, 5) is 70.6. The summed E-state index contributed by atoms with van der Waals surface area (Å²) in [6.45, 7) is 6.81. The summed E-state index contributed by atoms with van der Waals surface area (Å²) < 4.78 is 14.3. The average molecular weight is 609 g/mol. The summed E-state index contributed by atoms with van der Waals surface area (Å²) in [5.41, 5.74) is -1.87. The molecule has 14 nitrogen and oxygen atoms in total. The van der Waals surface area contributed by atoms with E-state index < -0.39 is 47.8 Å². The van der Waals surface area contributed by atoms with Crippen LogP contribution in [0, 0.1) is 11.8 Å². The van der Waals surface area contributed by atoms with Crippen LogP contribution in [0.15, 0.2) is 33.9 Å². The number of para-hydroxylation sites is 1. The number of hydrogen-bond acceptors (Lipinski definition) is 9. The van der Waals surface area contributed by atoms with E-state index in [1.807, 2.05) is 4.90 Å². The Morgan fingerprint density at radius 2 is 1.89 bits per heavy atom. The number of Topliss-reactive ketones (excluding diaryl/α,β-unsaturated/α-hetero) is 1. The maximum Gasteiger partial charge on any atom is 0.407 e. The van der Waals surface area contributed by atoms with Crippen LogP contribution in [0.3, 0.4) is 0 Å². The lowest BCUT2D eigenvalue weighted by molar-refractivity contribution is -0.139. The molecule has 1 amide bonds. The number of carboxylic acids is 1. The van der Waals surface area contributed by atoms with E-state index in [1.165, 1.54) is 23.7 Å². The number of fused-ring (bicyclic) bond motifs is 1. The van der Waals surface area contributed by atoms with Gasteiger partial charge in [-0.1, -0.05) is 18.1 Å². The fourth-order valence-electron chi connectivity index (χ4n) is 4.99. The van der Waals surface area contributed by atoms with Gasteiger partial charge in [0.1, 0.15) is 11.4 Å². The number of alkyl carbamates (subject to hydrolysis) is 1. The number of ether oxygens (including phenoxy) is 2. The van der Waals surface area contributed by atoms with Gasteiger partial charge in [0.15, 0.2) is 23.6 Å². The van der Waals surface area contributed by atoms with Gasteiger partial charge in [-0.25, -0.2) is 14.4 Å². The number of benzene rings is 1. The molecule has 0 aliphatic carbocycles. The van der Waals surface area contributed by atoms with Crippen LogP contribution in [0.1, 0.15) is 50.9 Å². The number of nitrogens with one attached hydrogen (secondary N) is 1. The highest BCUT2D eigenvalue weighted by Crippen LogP contribution is 2.24. The van der Waals surface area contributed by atoms with Gasteiger partial charge in [0.05, 0.1) is 18.7 Å². The Hall–Kier alpha value is -5.06. The fourth-order valence-corrected chi connectivity index (χ4v) is 4.99. The number of imidazole rings is 1. The Morgan fingerprint density at radius 1 is 1.16 bits per heavy atom. The molecular weight excluding hydrogens is 572 g/mol. The van der Waals surface area contributed by atoms with Crippen molar-refractivity contribution in [3.63, 3.8) is 0 Å². The van der Waals surface area contributed by atoms with Gasteiger partial charge in [-0.15, -0.1) is 5.92 Å². The normalized spacial score (nSPS) is 14.9. The zero-order valence-corrected chi connectivity index (χ0v) is 25.4. The first-order valence-corrected chi connectivity index (χ1v) is 14.1. The molecule has 1 aliphatic heterocycles. The third-order valence-corrected chi connectivity index (χ3v) is 6.89. The van der Waals surface area contributed by atoms with Crippen LogP contribution in [0.2, 0.25) is 0 Å². The minimum Gasteiger partial charge on any atom is -0.481 e. The van der Waals surface area contributed by atoms with Crippen molar-refractivity contribution in [2.45, 2.75) is 65.3 Å². The standard InChI is InChI=1S/C30H36N6O8/c1-6-7-15-35-24-25(32-27(35)34-14-10-11-19(16-34)31-28(41)44-30(2,3)4)33(5)29(42)36(26(24)40)17-21(37)20-12-8-9-13-22(20)43-18-23(38)39/h8-9,12-13,19H,10-11,14-18H2,1-5H3,(H,31,41)(H,38,39). The molecule has 2 aromatic heterocycles. The topological polar surface area (TPSA) is 167 Å². The minimum absolute atomic E-state index is 0.0241. The zero-order chi connectivity index (χ0) is 32.2. The van der Waals surface area contributed by atoms with Crippen molar-refractivity contribution >= 4 is 35.0 Å². The van der Waals surface area contributed by atoms with Crippen molar-refractivity contribution in [1.29, 1.82) is 0 Å². The lowest BCUT2D eigenvalue weighted by Crippen LogP contribution is -2.49. The lowest BCUT2D eigenvalue weighted by Gasteiger charge is -2.34. The molecule has 0 bridgehead atoms. The molecule has 1 fully saturated rings. The number of piperidine rings is 1. The van der Waals surface area contributed by atoms with Gasteiger partial charge >= 0.3 is 17.8 Å².